The normalized spacial score (nSPS) is 10.8. The number of carbonyl (C=O) groups is 1. The van der Waals surface area contributed by atoms with E-state index in [4.69, 9.17) is 9.94 Å². The minimum atomic E-state index is -0.719. The Labute approximate surface area is 108 Å². The van der Waals surface area contributed by atoms with Crippen LogP contribution >= 0.6 is 0 Å². The van der Waals surface area contributed by atoms with Gasteiger partial charge in [0, 0.05) is 20.0 Å². The summed E-state index contributed by atoms with van der Waals surface area (Å²) in [5.74, 6) is -0.719. The van der Waals surface area contributed by atoms with E-state index >= 15 is 0 Å². The van der Waals surface area contributed by atoms with E-state index in [1.54, 1.807) is 0 Å². The summed E-state index contributed by atoms with van der Waals surface area (Å²) in [4.78, 5) is 15.9. The van der Waals surface area contributed by atoms with Crippen LogP contribution in [0.1, 0.15) is 31.2 Å². The third-order valence-corrected chi connectivity index (χ3v) is 2.66. The molecule has 4 nitrogen and oxygen atoms in total. The lowest BCUT2D eigenvalue weighted by Gasteiger charge is -2.16. The van der Waals surface area contributed by atoms with Crippen molar-refractivity contribution in [3.63, 3.8) is 0 Å². The van der Waals surface area contributed by atoms with Gasteiger partial charge in [-0.15, -0.1) is 0 Å². The highest BCUT2D eigenvalue weighted by molar-refractivity contribution is 5.66. The first kappa shape index (κ1) is 14.7. The standard InChI is InChI=1S/C14H21NO3/c1-15(11-7-3-6-10-14(16)17)18-12-13-8-4-2-5-9-13/h2,4-5,8-9H,3,6-7,10-12H2,1H3,(H,16,17). The summed E-state index contributed by atoms with van der Waals surface area (Å²) in [6.45, 7) is 1.40. The first-order chi connectivity index (χ1) is 8.68. The fraction of sp³-hybridized carbons (Fsp3) is 0.500. The number of hydrogen-bond acceptors (Lipinski definition) is 3. The molecule has 0 unspecified atom stereocenters. The zero-order valence-corrected chi connectivity index (χ0v) is 10.8. The molecule has 0 saturated carbocycles. The van der Waals surface area contributed by atoms with Crippen LogP contribution < -0.4 is 0 Å². The van der Waals surface area contributed by atoms with Crippen LogP contribution in [0.15, 0.2) is 30.3 Å². The van der Waals surface area contributed by atoms with E-state index in [0.29, 0.717) is 6.61 Å². The van der Waals surface area contributed by atoms with Gasteiger partial charge in [-0.2, -0.15) is 5.06 Å². The Kier molecular flexibility index (Phi) is 7.06. The molecule has 0 saturated heterocycles. The summed E-state index contributed by atoms with van der Waals surface area (Å²) in [5, 5.41) is 10.3. The molecule has 1 aromatic rings. The molecular weight excluding hydrogens is 230 g/mol. The number of benzene rings is 1. The van der Waals surface area contributed by atoms with Crippen molar-refractivity contribution in [2.45, 2.75) is 32.3 Å². The van der Waals surface area contributed by atoms with E-state index in [1.807, 2.05) is 42.4 Å². The minimum absolute atomic E-state index is 0.259. The maximum Gasteiger partial charge on any atom is 0.303 e. The van der Waals surface area contributed by atoms with E-state index in [9.17, 15) is 4.79 Å². The molecule has 0 aromatic heterocycles. The van der Waals surface area contributed by atoms with Crippen molar-refractivity contribution in [2.24, 2.45) is 0 Å². The van der Waals surface area contributed by atoms with Crippen molar-refractivity contribution < 1.29 is 14.7 Å². The van der Waals surface area contributed by atoms with Crippen molar-refractivity contribution in [1.82, 2.24) is 5.06 Å². The van der Waals surface area contributed by atoms with Gasteiger partial charge in [-0.3, -0.25) is 9.63 Å². The van der Waals surface area contributed by atoms with E-state index in [2.05, 4.69) is 0 Å². The average molecular weight is 251 g/mol. The molecule has 0 heterocycles. The van der Waals surface area contributed by atoms with Gasteiger partial charge in [0.2, 0.25) is 0 Å². The predicted octanol–water partition coefficient (Wildman–Crippen LogP) is 2.70. The number of carboxylic acid groups (broad SMARTS) is 1. The highest BCUT2D eigenvalue weighted by Crippen LogP contribution is 2.04. The number of hydroxylamine groups is 2. The van der Waals surface area contributed by atoms with E-state index in [-0.39, 0.29) is 6.42 Å². The molecule has 0 bridgehead atoms. The lowest BCUT2D eigenvalue weighted by molar-refractivity contribution is -0.151. The summed E-state index contributed by atoms with van der Waals surface area (Å²) in [6, 6.07) is 10.0. The van der Waals surface area contributed by atoms with Crippen molar-refractivity contribution in [2.75, 3.05) is 13.6 Å². The number of rotatable bonds is 9. The van der Waals surface area contributed by atoms with Gasteiger partial charge >= 0.3 is 5.97 Å². The average Bonchev–Trinajstić information content (AvgIpc) is 2.37. The number of carboxylic acids is 1. The van der Waals surface area contributed by atoms with Gasteiger partial charge in [-0.05, 0) is 18.4 Å². The van der Waals surface area contributed by atoms with Crippen LogP contribution in [-0.4, -0.2) is 29.7 Å². The minimum Gasteiger partial charge on any atom is -0.481 e. The first-order valence-corrected chi connectivity index (χ1v) is 6.28. The number of hydrogen-bond donors (Lipinski definition) is 1. The molecule has 18 heavy (non-hydrogen) atoms. The third kappa shape index (κ3) is 7.04. The summed E-state index contributed by atoms with van der Waals surface area (Å²) in [6.07, 6.45) is 2.88. The van der Waals surface area contributed by atoms with Crippen LogP contribution in [0.3, 0.4) is 0 Å². The molecule has 100 valence electrons. The Morgan fingerprint density at radius 2 is 1.94 bits per heavy atom. The fourth-order valence-electron chi connectivity index (χ4n) is 1.61. The molecule has 1 N–H and O–H groups in total. The van der Waals surface area contributed by atoms with Crippen LogP contribution in [0.5, 0.6) is 0 Å². The number of nitrogens with zero attached hydrogens (tertiary/aromatic N) is 1. The van der Waals surface area contributed by atoms with Crippen molar-refractivity contribution >= 4 is 5.97 Å². The molecule has 0 amide bonds. The first-order valence-electron chi connectivity index (χ1n) is 6.28. The molecular formula is C14H21NO3. The summed E-state index contributed by atoms with van der Waals surface area (Å²) >= 11 is 0. The van der Waals surface area contributed by atoms with Gasteiger partial charge in [0.1, 0.15) is 0 Å². The second-order valence-corrected chi connectivity index (χ2v) is 4.31. The van der Waals surface area contributed by atoms with Gasteiger partial charge in [-0.25, -0.2) is 0 Å². The zero-order valence-electron chi connectivity index (χ0n) is 10.8. The maximum atomic E-state index is 10.3. The van der Waals surface area contributed by atoms with Crippen LogP contribution in [0, 0.1) is 0 Å². The second-order valence-electron chi connectivity index (χ2n) is 4.31. The molecule has 1 rings (SSSR count). The molecule has 0 fully saturated rings. The molecule has 0 aliphatic heterocycles. The Balaban J connectivity index is 2.04. The predicted molar refractivity (Wildman–Crippen MR) is 70.0 cm³/mol. The third-order valence-electron chi connectivity index (χ3n) is 2.66. The molecule has 4 heteroatoms. The molecule has 0 aliphatic rings. The van der Waals surface area contributed by atoms with Crippen molar-refractivity contribution in [3.05, 3.63) is 35.9 Å². The SMILES string of the molecule is CN(CCCCCC(=O)O)OCc1ccccc1. The lowest BCUT2D eigenvalue weighted by Crippen LogP contribution is -2.20. The largest absolute Gasteiger partial charge is 0.481 e. The summed E-state index contributed by atoms with van der Waals surface area (Å²) < 4.78 is 0. The van der Waals surface area contributed by atoms with Crippen LogP contribution in [-0.2, 0) is 16.2 Å². The lowest BCUT2D eigenvalue weighted by atomic mass is 10.2. The van der Waals surface area contributed by atoms with Gasteiger partial charge < -0.3 is 5.11 Å². The Morgan fingerprint density at radius 1 is 1.22 bits per heavy atom. The Hall–Kier alpha value is -1.39. The fourth-order valence-corrected chi connectivity index (χ4v) is 1.61. The van der Waals surface area contributed by atoms with Gasteiger partial charge in [0.05, 0.1) is 6.61 Å². The van der Waals surface area contributed by atoms with E-state index in [1.165, 1.54) is 0 Å². The van der Waals surface area contributed by atoms with Crippen molar-refractivity contribution in [1.29, 1.82) is 0 Å². The molecule has 0 atom stereocenters. The zero-order chi connectivity index (χ0) is 13.2. The smallest absolute Gasteiger partial charge is 0.303 e. The van der Waals surface area contributed by atoms with Crippen molar-refractivity contribution in [3.8, 4) is 0 Å². The number of unbranched alkanes of at least 4 members (excludes halogenated alkanes) is 2. The van der Waals surface area contributed by atoms with Gasteiger partial charge in [-0.1, -0.05) is 36.8 Å². The quantitative estimate of drug-likeness (QED) is 0.541. The van der Waals surface area contributed by atoms with Crippen LogP contribution in [0.25, 0.3) is 0 Å². The monoisotopic (exact) mass is 251 g/mol. The second kappa shape index (κ2) is 8.66. The van der Waals surface area contributed by atoms with E-state index < -0.39 is 5.97 Å². The van der Waals surface area contributed by atoms with Crippen LogP contribution in [0.4, 0.5) is 0 Å². The summed E-state index contributed by atoms with van der Waals surface area (Å²) in [7, 11) is 1.90. The Bertz CT molecular complexity index is 340. The highest BCUT2D eigenvalue weighted by atomic mass is 16.7. The molecule has 0 aliphatic carbocycles. The van der Waals surface area contributed by atoms with E-state index in [0.717, 1.165) is 31.4 Å². The topological polar surface area (TPSA) is 49.8 Å². The summed E-state index contributed by atoms with van der Waals surface area (Å²) in [5.41, 5.74) is 1.15. The highest BCUT2D eigenvalue weighted by Gasteiger charge is 2.01. The molecule has 0 spiro atoms. The van der Waals surface area contributed by atoms with Gasteiger partial charge in [0.25, 0.3) is 0 Å². The molecule has 0 radical (unpaired) electrons. The number of aliphatic carboxylic acids is 1. The maximum absolute atomic E-state index is 10.3. The Morgan fingerprint density at radius 3 is 2.61 bits per heavy atom. The van der Waals surface area contributed by atoms with Crippen LogP contribution in [0.2, 0.25) is 0 Å². The van der Waals surface area contributed by atoms with Gasteiger partial charge in [0.15, 0.2) is 0 Å². The molecule has 1 aromatic carbocycles.